The molecule has 1 aromatic heterocycles. The number of aliphatic hydroxyl groups is 1. The fraction of sp³-hybridized carbons (Fsp3) is 0.462. The monoisotopic (exact) mass is 436 g/mol. The largest absolute Gasteiger partial charge is 0.393 e. The zero-order valence-corrected chi connectivity index (χ0v) is 19.3. The predicted molar refractivity (Wildman–Crippen MR) is 131 cm³/mol. The highest BCUT2D eigenvalue weighted by molar-refractivity contribution is 5.85. The minimum atomic E-state index is -0.317. The summed E-state index contributed by atoms with van der Waals surface area (Å²) in [6, 6.07) is 15.5. The van der Waals surface area contributed by atoms with Gasteiger partial charge >= 0.3 is 0 Å². The van der Waals surface area contributed by atoms with Gasteiger partial charge in [0.1, 0.15) is 12.6 Å². The van der Waals surface area contributed by atoms with Crippen LogP contribution in [-0.2, 0) is 24.2 Å². The highest BCUT2D eigenvalue weighted by Crippen LogP contribution is 2.30. The number of hydrogen-bond acceptors (Lipinski definition) is 5. The number of benzene rings is 2. The number of nitrogens with zero attached hydrogens (tertiary/aromatic N) is 2. The lowest BCUT2D eigenvalue weighted by Gasteiger charge is -2.25. The molecule has 2 atom stereocenters. The molecular weight excluding hydrogens is 400 g/mol. The first-order valence-corrected chi connectivity index (χ1v) is 11.6. The van der Waals surface area contributed by atoms with Crippen molar-refractivity contribution < 1.29 is 9.90 Å². The summed E-state index contributed by atoms with van der Waals surface area (Å²) in [6.07, 6.45) is 5.84. The van der Waals surface area contributed by atoms with E-state index in [0.29, 0.717) is 6.04 Å². The lowest BCUT2D eigenvalue weighted by molar-refractivity contribution is -0.0979. The lowest BCUT2D eigenvalue weighted by Crippen LogP contribution is -2.37. The van der Waals surface area contributed by atoms with Crippen LogP contribution in [0.15, 0.2) is 42.5 Å². The average Bonchev–Trinajstić information content (AvgIpc) is 3.17. The number of piperidine rings is 1. The Kier molecular flexibility index (Phi) is 8.82. The van der Waals surface area contributed by atoms with Crippen LogP contribution in [0.1, 0.15) is 49.6 Å². The number of nitrogens with one attached hydrogen (secondary N) is 2. The van der Waals surface area contributed by atoms with Crippen LogP contribution in [0.2, 0.25) is 0 Å². The maximum absolute atomic E-state index is 9.87. The third-order valence-electron chi connectivity index (χ3n) is 6.21. The summed E-state index contributed by atoms with van der Waals surface area (Å²) >= 11 is 0. The number of aryl methyl sites for hydroxylation is 1. The smallest absolute Gasteiger partial charge is 0.114 e. The molecule has 1 aliphatic rings. The molecule has 32 heavy (non-hydrogen) atoms. The van der Waals surface area contributed by atoms with Crippen molar-refractivity contribution in [2.45, 2.75) is 64.1 Å². The van der Waals surface area contributed by atoms with Gasteiger partial charge in [-0.2, -0.15) is 0 Å². The molecular formula is C26H36N4O2. The fourth-order valence-electron chi connectivity index (χ4n) is 4.55. The minimum absolute atomic E-state index is 0.317. The molecule has 0 saturated carbocycles. The van der Waals surface area contributed by atoms with Gasteiger partial charge in [-0.25, -0.2) is 4.98 Å². The molecule has 3 N–H and O–H groups in total. The molecule has 6 nitrogen and oxygen atoms in total. The van der Waals surface area contributed by atoms with E-state index in [1.54, 1.807) is 0 Å². The highest BCUT2D eigenvalue weighted by Gasteiger charge is 2.20. The van der Waals surface area contributed by atoms with Crippen molar-refractivity contribution in [3.05, 3.63) is 59.4 Å². The number of hydrogen-bond donors (Lipinski definition) is 3. The number of imidazole rings is 1. The van der Waals surface area contributed by atoms with E-state index in [1.165, 1.54) is 35.9 Å². The number of carbonyl (C=O) groups is 1. The molecule has 0 spiro atoms. The summed E-state index contributed by atoms with van der Waals surface area (Å²) in [5.41, 5.74) is 5.87. The first-order valence-electron chi connectivity index (χ1n) is 11.6. The zero-order valence-electron chi connectivity index (χ0n) is 19.3. The van der Waals surface area contributed by atoms with E-state index in [4.69, 9.17) is 9.78 Å². The van der Waals surface area contributed by atoms with E-state index in [2.05, 4.69) is 57.7 Å². The Hall–Kier alpha value is -2.70. The molecule has 3 aromatic rings. The number of carbonyl (C=O) groups excluding carboxylic acids is 1. The number of anilines is 1. The maximum Gasteiger partial charge on any atom is 0.114 e. The first kappa shape index (κ1) is 24.0. The number of fused-ring (bicyclic) bond motifs is 1. The minimum Gasteiger partial charge on any atom is -0.393 e. The van der Waals surface area contributed by atoms with E-state index < -0.39 is 0 Å². The summed E-state index contributed by atoms with van der Waals surface area (Å²) in [5.74, 6) is 1.12. The van der Waals surface area contributed by atoms with E-state index >= 15 is 0 Å². The highest BCUT2D eigenvalue weighted by atomic mass is 16.3. The molecule has 1 fully saturated rings. The van der Waals surface area contributed by atoms with Gasteiger partial charge in [0.05, 0.1) is 17.1 Å². The number of rotatable bonds is 8. The van der Waals surface area contributed by atoms with E-state index in [-0.39, 0.29) is 6.10 Å². The molecule has 0 amide bonds. The Labute approximate surface area is 191 Å². The van der Waals surface area contributed by atoms with Crippen molar-refractivity contribution in [1.82, 2.24) is 14.9 Å². The molecule has 0 radical (unpaired) electrons. The Bertz CT molecular complexity index is 978. The van der Waals surface area contributed by atoms with Crippen molar-refractivity contribution in [3.8, 4) is 0 Å². The van der Waals surface area contributed by atoms with Crippen LogP contribution in [0.4, 0.5) is 5.69 Å². The first-order chi connectivity index (χ1) is 15.7. The van der Waals surface area contributed by atoms with Gasteiger partial charge < -0.3 is 25.1 Å². The van der Waals surface area contributed by atoms with Crippen molar-refractivity contribution in [2.24, 2.45) is 0 Å². The van der Waals surface area contributed by atoms with Crippen LogP contribution in [0, 0.1) is 0 Å². The Morgan fingerprint density at radius 2 is 2.00 bits per heavy atom. The Morgan fingerprint density at radius 1 is 1.22 bits per heavy atom. The van der Waals surface area contributed by atoms with Crippen LogP contribution >= 0.6 is 0 Å². The summed E-state index contributed by atoms with van der Waals surface area (Å²) < 4.78 is 2.43. The van der Waals surface area contributed by atoms with E-state index in [0.717, 1.165) is 49.4 Å². The summed E-state index contributed by atoms with van der Waals surface area (Å²) in [7, 11) is 1.96. The molecule has 1 aliphatic heterocycles. The van der Waals surface area contributed by atoms with Crippen LogP contribution in [0.25, 0.3) is 11.0 Å². The molecule has 0 bridgehead atoms. The lowest BCUT2D eigenvalue weighted by atomic mass is 10.0. The van der Waals surface area contributed by atoms with Crippen LogP contribution in [0.3, 0.4) is 0 Å². The second kappa shape index (κ2) is 11.8. The van der Waals surface area contributed by atoms with Crippen LogP contribution in [0.5, 0.6) is 0 Å². The number of aliphatic hydroxyl groups excluding tert-OH is 1. The molecule has 172 valence electrons. The van der Waals surface area contributed by atoms with Crippen molar-refractivity contribution in [1.29, 1.82) is 0 Å². The Morgan fingerprint density at radius 3 is 2.66 bits per heavy atom. The normalized spacial score (nSPS) is 16.9. The standard InChI is InChI=1S/C25H34N4O.CH2O/c1-18(30)11-12-21-22(26-2)13-14-23-25(21)28-24(16-19-8-4-3-5-9-19)29(23)17-20-10-6-7-15-27-20;1-2/h3-5,8-9,13-14,18,20,26-27,30H,6-7,10-12,15-17H2,1-2H3;1H2. The quantitative estimate of drug-likeness (QED) is 0.498. The molecule has 2 heterocycles. The molecule has 2 unspecified atom stereocenters. The average molecular weight is 437 g/mol. The van der Waals surface area contributed by atoms with Gasteiger partial charge in [0.25, 0.3) is 0 Å². The van der Waals surface area contributed by atoms with Gasteiger partial charge in [0.2, 0.25) is 0 Å². The summed E-state index contributed by atoms with van der Waals surface area (Å²) in [6.45, 7) is 5.91. The molecule has 2 aromatic carbocycles. The zero-order chi connectivity index (χ0) is 22.9. The van der Waals surface area contributed by atoms with Gasteiger partial charge in [0.15, 0.2) is 0 Å². The molecule has 0 aliphatic carbocycles. The van der Waals surface area contributed by atoms with Gasteiger partial charge in [-0.3, -0.25) is 0 Å². The van der Waals surface area contributed by atoms with Gasteiger partial charge in [-0.05, 0) is 56.8 Å². The third-order valence-corrected chi connectivity index (χ3v) is 6.21. The Balaban J connectivity index is 0.00000141. The maximum atomic E-state index is 9.87. The molecule has 4 rings (SSSR count). The molecule has 6 heteroatoms. The third kappa shape index (κ3) is 5.75. The van der Waals surface area contributed by atoms with E-state index in [1.807, 2.05) is 20.8 Å². The van der Waals surface area contributed by atoms with Crippen LogP contribution in [-0.4, -0.2) is 47.2 Å². The summed E-state index contributed by atoms with van der Waals surface area (Å²) in [4.78, 5) is 13.2. The van der Waals surface area contributed by atoms with Crippen molar-refractivity contribution >= 4 is 23.5 Å². The second-order valence-corrected chi connectivity index (χ2v) is 8.54. The number of aromatic nitrogens is 2. The molecule has 1 saturated heterocycles. The van der Waals surface area contributed by atoms with Gasteiger partial charge in [-0.15, -0.1) is 0 Å². The fourth-order valence-corrected chi connectivity index (χ4v) is 4.55. The van der Waals surface area contributed by atoms with E-state index in [9.17, 15) is 5.11 Å². The summed E-state index contributed by atoms with van der Waals surface area (Å²) in [5, 5.41) is 16.9. The second-order valence-electron chi connectivity index (χ2n) is 8.54. The van der Waals surface area contributed by atoms with Gasteiger partial charge in [-0.1, -0.05) is 36.8 Å². The van der Waals surface area contributed by atoms with Gasteiger partial charge in [0, 0.05) is 37.3 Å². The topological polar surface area (TPSA) is 79.2 Å². The van der Waals surface area contributed by atoms with Crippen molar-refractivity contribution in [2.75, 3.05) is 18.9 Å². The van der Waals surface area contributed by atoms with Crippen LogP contribution < -0.4 is 10.6 Å². The SMILES string of the molecule is C=O.CNc1ccc2c(nc(Cc3ccccc3)n2CC2CCCCN2)c1CCC(C)O. The predicted octanol–water partition coefficient (Wildman–Crippen LogP) is 3.94. The van der Waals surface area contributed by atoms with Crippen molar-refractivity contribution in [3.63, 3.8) is 0 Å².